The van der Waals surface area contributed by atoms with E-state index in [1.807, 2.05) is 0 Å². The number of hydrogen-bond acceptors (Lipinski definition) is 4. The lowest BCUT2D eigenvalue weighted by Crippen LogP contribution is -2.10. The highest BCUT2D eigenvalue weighted by Gasteiger charge is 2.17. The van der Waals surface area contributed by atoms with Gasteiger partial charge in [-0.3, -0.25) is 4.79 Å². The summed E-state index contributed by atoms with van der Waals surface area (Å²) in [6, 6.07) is 6.55. The Bertz CT molecular complexity index is 634. The first-order valence-electron chi connectivity index (χ1n) is 5.10. The first-order valence-corrected chi connectivity index (χ1v) is 5.91. The molecule has 18 heavy (non-hydrogen) atoms. The van der Waals surface area contributed by atoms with Gasteiger partial charge in [0.2, 0.25) is 5.91 Å². The molecule has 3 N–H and O–H groups in total. The van der Waals surface area contributed by atoms with Crippen molar-refractivity contribution in [1.82, 2.24) is 4.98 Å². The van der Waals surface area contributed by atoms with Crippen LogP contribution in [0.4, 0.5) is 0 Å². The van der Waals surface area contributed by atoms with Crippen molar-refractivity contribution in [3.8, 4) is 10.4 Å². The number of amides is 1. The van der Waals surface area contributed by atoms with E-state index in [2.05, 4.69) is 4.98 Å². The molecule has 2 aromatic rings. The van der Waals surface area contributed by atoms with Crippen LogP contribution in [0.2, 0.25) is 0 Å². The van der Waals surface area contributed by atoms with Gasteiger partial charge in [0.1, 0.15) is 0 Å². The van der Waals surface area contributed by atoms with Crippen LogP contribution in [0.1, 0.15) is 25.9 Å². The zero-order valence-corrected chi connectivity index (χ0v) is 10.3. The molecule has 92 valence electrons. The summed E-state index contributed by atoms with van der Waals surface area (Å²) >= 11 is 1.27. The van der Waals surface area contributed by atoms with E-state index in [9.17, 15) is 9.59 Å². The molecule has 0 bridgehead atoms. The summed E-state index contributed by atoms with van der Waals surface area (Å²) in [5, 5.41) is 9.73. The van der Waals surface area contributed by atoms with E-state index in [1.54, 1.807) is 31.2 Å². The largest absolute Gasteiger partial charge is 0.476 e. The number of carboxylic acid groups (broad SMARTS) is 1. The van der Waals surface area contributed by atoms with Gasteiger partial charge in [0.15, 0.2) is 5.69 Å². The van der Waals surface area contributed by atoms with Crippen LogP contribution in [-0.2, 0) is 0 Å². The topological polar surface area (TPSA) is 93.3 Å². The number of thiazole rings is 1. The number of carbonyl (C=O) groups is 2. The standard InChI is InChI=1S/C12H10N2O3S/c1-6-14-9(12(16)17)10(18-6)7-3-2-4-8(5-7)11(13)15/h2-5H,1H3,(H2,13,15)(H,16,17). The van der Waals surface area contributed by atoms with Crippen LogP contribution in [0.25, 0.3) is 10.4 Å². The van der Waals surface area contributed by atoms with E-state index >= 15 is 0 Å². The van der Waals surface area contributed by atoms with Crippen molar-refractivity contribution in [2.45, 2.75) is 6.92 Å². The third-order valence-electron chi connectivity index (χ3n) is 2.35. The van der Waals surface area contributed by atoms with Crippen LogP contribution in [0.3, 0.4) is 0 Å². The van der Waals surface area contributed by atoms with E-state index in [4.69, 9.17) is 10.8 Å². The molecule has 0 saturated carbocycles. The third-order valence-corrected chi connectivity index (χ3v) is 3.37. The first-order chi connectivity index (χ1) is 8.49. The van der Waals surface area contributed by atoms with E-state index in [0.29, 0.717) is 21.0 Å². The summed E-state index contributed by atoms with van der Waals surface area (Å²) in [7, 11) is 0. The van der Waals surface area contributed by atoms with Gasteiger partial charge in [-0.15, -0.1) is 11.3 Å². The molecule has 1 amide bonds. The van der Waals surface area contributed by atoms with Crippen LogP contribution in [0.15, 0.2) is 24.3 Å². The van der Waals surface area contributed by atoms with Crippen LogP contribution >= 0.6 is 11.3 Å². The van der Waals surface area contributed by atoms with Crippen LogP contribution in [0.5, 0.6) is 0 Å². The Morgan fingerprint density at radius 3 is 2.72 bits per heavy atom. The molecule has 2 rings (SSSR count). The van der Waals surface area contributed by atoms with Crippen molar-refractivity contribution in [1.29, 1.82) is 0 Å². The van der Waals surface area contributed by atoms with E-state index < -0.39 is 11.9 Å². The highest BCUT2D eigenvalue weighted by Crippen LogP contribution is 2.30. The lowest BCUT2D eigenvalue weighted by Gasteiger charge is -2.01. The highest BCUT2D eigenvalue weighted by molar-refractivity contribution is 7.15. The summed E-state index contributed by atoms with van der Waals surface area (Å²) in [4.78, 5) is 26.7. The maximum atomic E-state index is 11.1. The number of benzene rings is 1. The summed E-state index contributed by atoms with van der Waals surface area (Å²) in [6.45, 7) is 1.73. The van der Waals surface area contributed by atoms with E-state index in [-0.39, 0.29) is 5.69 Å². The Labute approximate surface area is 107 Å². The minimum absolute atomic E-state index is 0.000814. The SMILES string of the molecule is Cc1nc(C(=O)O)c(-c2cccc(C(N)=O)c2)s1. The highest BCUT2D eigenvalue weighted by atomic mass is 32.1. The monoisotopic (exact) mass is 262 g/mol. The molecule has 0 radical (unpaired) electrons. The molecule has 1 aromatic heterocycles. The lowest BCUT2D eigenvalue weighted by molar-refractivity contribution is 0.0692. The van der Waals surface area contributed by atoms with Crippen LogP contribution in [-0.4, -0.2) is 22.0 Å². The first kappa shape index (κ1) is 12.3. The average molecular weight is 262 g/mol. The number of aryl methyl sites for hydroxylation is 1. The fourth-order valence-electron chi connectivity index (χ4n) is 1.58. The number of carboxylic acids is 1. The minimum atomic E-state index is -1.08. The molecule has 0 unspecified atom stereocenters. The Balaban J connectivity index is 2.58. The number of hydrogen-bond donors (Lipinski definition) is 2. The maximum Gasteiger partial charge on any atom is 0.356 e. The molecule has 0 aliphatic rings. The van der Waals surface area contributed by atoms with E-state index in [1.165, 1.54) is 11.3 Å². The minimum Gasteiger partial charge on any atom is -0.476 e. The zero-order valence-electron chi connectivity index (χ0n) is 9.51. The van der Waals surface area contributed by atoms with Crippen molar-refractivity contribution >= 4 is 23.2 Å². The fraction of sp³-hybridized carbons (Fsp3) is 0.0833. The number of aromatic nitrogens is 1. The molecule has 0 fully saturated rings. The molecule has 0 atom stereocenters. The molecule has 0 saturated heterocycles. The summed E-state index contributed by atoms with van der Waals surface area (Å²) in [5.74, 6) is -1.63. The molecule has 0 aliphatic carbocycles. The number of nitrogens with two attached hydrogens (primary N) is 1. The van der Waals surface area contributed by atoms with Crippen molar-refractivity contribution in [2.75, 3.05) is 0 Å². The normalized spacial score (nSPS) is 10.3. The molecule has 0 aliphatic heterocycles. The van der Waals surface area contributed by atoms with Gasteiger partial charge in [-0.1, -0.05) is 12.1 Å². The van der Waals surface area contributed by atoms with Gasteiger partial charge >= 0.3 is 5.97 Å². The Kier molecular flexibility index (Phi) is 3.12. The molecule has 0 spiro atoms. The second-order valence-electron chi connectivity index (χ2n) is 3.66. The lowest BCUT2D eigenvalue weighted by atomic mass is 10.1. The predicted octanol–water partition coefficient (Wildman–Crippen LogP) is 1.92. The van der Waals surface area contributed by atoms with Crippen LogP contribution < -0.4 is 5.73 Å². The van der Waals surface area contributed by atoms with Gasteiger partial charge in [-0.2, -0.15) is 0 Å². The Hall–Kier alpha value is -2.21. The van der Waals surface area contributed by atoms with Gasteiger partial charge in [0.05, 0.1) is 9.88 Å². The van der Waals surface area contributed by atoms with Crippen molar-refractivity contribution in [3.05, 3.63) is 40.5 Å². The van der Waals surface area contributed by atoms with Gasteiger partial charge in [-0.25, -0.2) is 9.78 Å². The number of primary amides is 1. The van der Waals surface area contributed by atoms with Gasteiger partial charge in [-0.05, 0) is 24.6 Å². The molecule has 5 nitrogen and oxygen atoms in total. The van der Waals surface area contributed by atoms with Crippen molar-refractivity contribution in [3.63, 3.8) is 0 Å². The van der Waals surface area contributed by atoms with E-state index in [0.717, 1.165) is 0 Å². The molecule has 1 heterocycles. The molecule has 6 heteroatoms. The Morgan fingerprint density at radius 1 is 1.39 bits per heavy atom. The number of rotatable bonds is 3. The van der Waals surface area contributed by atoms with Gasteiger partial charge < -0.3 is 10.8 Å². The second kappa shape index (κ2) is 4.58. The number of nitrogens with zero attached hydrogens (tertiary/aromatic N) is 1. The van der Waals surface area contributed by atoms with Gasteiger partial charge in [0, 0.05) is 5.56 Å². The maximum absolute atomic E-state index is 11.1. The number of aromatic carboxylic acids is 1. The Morgan fingerprint density at radius 2 is 2.11 bits per heavy atom. The van der Waals surface area contributed by atoms with Crippen molar-refractivity contribution < 1.29 is 14.7 Å². The molecule has 1 aromatic carbocycles. The predicted molar refractivity (Wildman–Crippen MR) is 67.8 cm³/mol. The average Bonchev–Trinajstić information content (AvgIpc) is 2.72. The quantitative estimate of drug-likeness (QED) is 0.883. The van der Waals surface area contributed by atoms with Crippen molar-refractivity contribution in [2.24, 2.45) is 5.73 Å². The molecular formula is C12H10N2O3S. The van der Waals surface area contributed by atoms with Crippen LogP contribution in [0, 0.1) is 6.92 Å². The summed E-state index contributed by atoms with van der Waals surface area (Å²) < 4.78 is 0. The molecular weight excluding hydrogens is 252 g/mol. The second-order valence-corrected chi connectivity index (χ2v) is 4.86. The number of carbonyl (C=O) groups excluding carboxylic acids is 1. The smallest absolute Gasteiger partial charge is 0.356 e. The fourth-order valence-corrected chi connectivity index (χ4v) is 2.49. The third kappa shape index (κ3) is 2.23. The summed E-state index contributed by atoms with van der Waals surface area (Å²) in [6.07, 6.45) is 0. The summed E-state index contributed by atoms with van der Waals surface area (Å²) in [5.41, 5.74) is 6.17. The zero-order chi connectivity index (χ0) is 13.3. The van der Waals surface area contributed by atoms with Gasteiger partial charge in [0.25, 0.3) is 0 Å².